The minimum atomic E-state index is -3.76. The Kier molecular flexibility index (Phi) is 6.55. The first kappa shape index (κ1) is 24.1. The number of amides is 1. The van der Waals surface area contributed by atoms with Crippen molar-refractivity contribution >= 4 is 49.9 Å². The van der Waals surface area contributed by atoms with Crippen LogP contribution in [0.5, 0.6) is 0 Å². The third-order valence-corrected chi connectivity index (χ3v) is 7.93. The monoisotopic (exact) mass is 524 g/mol. The lowest BCUT2D eigenvalue weighted by Crippen LogP contribution is -2.54. The molecule has 5 rings (SSSR count). The number of nitrogens with zero attached hydrogens (tertiary/aromatic N) is 5. The number of sulfonamides is 1. The average molecular weight is 525 g/mol. The number of carbonyl (C=O) groups is 1. The Balaban J connectivity index is 1.23. The summed E-state index contributed by atoms with van der Waals surface area (Å²) in [7, 11) is -3.76. The van der Waals surface area contributed by atoms with Crippen molar-refractivity contribution in [3.63, 3.8) is 0 Å². The Labute approximate surface area is 214 Å². The van der Waals surface area contributed by atoms with Gasteiger partial charge in [-0.05, 0) is 60.8 Å². The van der Waals surface area contributed by atoms with Gasteiger partial charge in [0.1, 0.15) is 18.7 Å². The van der Waals surface area contributed by atoms with Crippen molar-refractivity contribution in [2.24, 2.45) is 0 Å². The van der Waals surface area contributed by atoms with Gasteiger partial charge in [-0.15, -0.1) is 0 Å². The number of anilines is 2. The molecule has 3 heterocycles. The molecule has 2 aromatic carbocycles. The van der Waals surface area contributed by atoms with E-state index in [4.69, 9.17) is 11.6 Å². The third kappa shape index (κ3) is 5.00. The van der Waals surface area contributed by atoms with Gasteiger partial charge in [0.25, 0.3) is 10.0 Å². The molecule has 1 atom stereocenters. The molecule has 0 aliphatic carbocycles. The van der Waals surface area contributed by atoms with Gasteiger partial charge in [0.2, 0.25) is 5.91 Å². The first-order valence-electron chi connectivity index (χ1n) is 11.5. The highest BCUT2D eigenvalue weighted by Crippen LogP contribution is 2.24. The second-order valence-corrected chi connectivity index (χ2v) is 10.8. The average Bonchev–Trinajstić information content (AvgIpc) is 3.26. The maximum atomic E-state index is 13.1. The van der Waals surface area contributed by atoms with Gasteiger partial charge in [-0.2, -0.15) is 0 Å². The van der Waals surface area contributed by atoms with Crippen LogP contribution >= 0.6 is 11.6 Å². The molecule has 186 valence electrons. The van der Waals surface area contributed by atoms with Crippen molar-refractivity contribution in [1.29, 1.82) is 0 Å². The van der Waals surface area contributed by atoms with Gasteiger partial charge in [0.05, 0.1) is 4.90 Å². The number of nitrogens with one attached hydrogen (secondary N) is 1. The van der Waals surface area contributed by atoms with E-state index in [1.54, 1.807) is 24.3 Å². The number of rotatable bonds is 6. The van der Waals surface area contributed by atoms with Crippen molar-refractivity contribution in [2.45, 2.75) is 24.4 Å². The molecular formula is C25H25ClN6O3S. The van der Waals surface area contributed by atoms with Gasteiger partial charge in [-0.1, -0.05) is 17.7 Å². The number of fused-ring (bicyclic) bond motifs is 1. The van der Waals surface area contributed by atoms with Gasteiger partial charge in [0.15, 0.2) is 0 Å². The standard InChI is InChI=1S/C25H25ClN6O3S/c1-18-15-30(21-4-6-22(7-5-21)36(34,35)29-24-8-10-27-17-28-24)12-13-32(18)25(33)16-31-11-9-19-2-3-20(26)14-23(19)31/h2-11,14,17-18H,12-13,15-16H2,1H3,(H,27,28,29)/t18-/m0/s1. The van der Waals surface area contributed by atoms with Crippen LogP contribution in [0.4, 0.5) is 11.5 Å². The maximum absolute atomic E-state index is 13.1. The van der Waals surface area contributed by atoms with Crippen LogP contribution in [0.2, 0.25) is 5.02 Å². The van der Waals surface area contributed by atoms with Crippen LogP contribution in [0, 0.1) is 0 Å². The zero-order valence-electron chi connectivity index (χ0n) is 19.6. The normalized spacial score (nSPS) is 16.3. The minimum Gasteiger partial charge on any atom is -0.368 e. The molecule has 4 aromatic rings. The zero-order valence-corrected chi connectivity index (χ0v) is 21.2. The van der Waals surface area contributed by atoms with E-state index in [1.807, 2.05) is 46.9 Å². The summed E-state index contributed by atoms with van der Waals surface area (Å²) in [5, 5.41) is 1.68. The molecule has 36 heavy (non-hydrogen) atoms. The lowest BCUT2D eigenvalue weighted by molar-refractivity contribution is -0.134. The molecule has 1 fully saturated rings. The molecule has 0 radical (unpaired) electrons. The summed E-state index contributed by atoms with van der Waals surface area (Å²) in [5.74, 6) is 0.261. The van der Waals surface area contributed by atoms with Gasteiger partial charge in [0, 0.05) is 54.3 Å². The summed E-state index contributed by atoms with van der Waals surface area (Å²) < 4.78 is 29.7. The van der Waals surface area contributed by atoms with Gasteiger partial charge >= 0.3 is 0 Å². The predicted octanol–water partition coefficient (Wildman–Crippen LogP) is 3.62. The summed E-state index contributed by atoms with van der Waals surface area (Å²) in [6.07, 6.45) is 4.66. The lowest BCUT2D eigenvalue weighted by atomic mass is 10.1. The van der Waals surface area contributed by atoms with E-state index in [0.717, 1.165) is 16.6 Å². The fraction of sp³-hybridized carbons (Fsp3) is 0.240. The van der Waals surface area contributed by atoms with E-state index < -0.39 is 10.0 Å². The van der Waals surface area contributed by atoms with Crippen LogP contribution in [-0.4, -0.2) is 59.4 Å². The number of hydrogen-bond acceptors (Lipinski definition) is 6. The smallest absolute Gasteiger partial charge is 0.263 e. The Bertz CT molecular complexity index is 1490. The van der Waals surface area contributed by atoms with E-state index in [0.29, 0.717) is 24.7 Å². The highest BCUT2D eigenvalue weighted by atomic mass is 35.5. The first-order chi connectivity index (χ1) is 17.3. The van der Waals surface area contributed by atoms with Crippen LogP contribution in [0.15, 0.2) is 78.2 Å². The molecular weight excluding hydrogens is 500 g/mol. The van der Waals surface area contributed by atoms with Crippen LogP contribution in [0.3, 0.4) is 0 Å². The van der Waals surface area contributed by atoms with Crippen LogP contribution < -0.4 is 9.62 Å². The van der Waals surface area contributed by atoms with Crippen molar-refractivity contribution < 1.29 is 13.2 Å². The summed E-state index contributed by atoms with van der Waals surface area (Å²) in [6, 6.07) is 15.8. The second kappa shape index (κ2) is 9.79. The van der Waals surface area contributed by atoms with Crippen LogP contribution in [-0.2, 0) is 21.4 Å². The molecule has 1 aliphatic rings. The fourth-order valence-electron chi connectivity index (χ4n) is 4.48. The molecule has 0 unspecified atom stereocenters. The highest BCUT2D eigenvalue weighted by molar-refractivity contribution is 7.92. The molecule has 1 amide bonds. The van der Waals surface area contributed by atoms with E-state index >= 15 is 0 Å². The molecule has 0 spiro atoms. The molecule has 1 saturated heterocycles. The molecule has 2 aromatic heterocycles. The number of carbonyl (C=O) groups excluding carboxylic acids is 1. The number of halogens is 1. The van der Waals surface area contributed by atoms with Gasteiger partial charge < -0.3 is 14.4 Å². The van der Waals surface area contributed by atoms with E-state index in [1.165, 1.54) is 18.6 Å². The van der Waals surface area contributed by atoms with E-state index in [9.17, 15) is 13.2 Å². The largest absolute Gasteiger partial charge is 0.368 e. The van der Waals surface area contributed by atoms with Crippen LogP contribution in [0.1, 0.15) is 6.92 Å². The highest BCUT2D eigenvalue weighted by Gasteiger charge is 2.28. The molecule has 11 heteroatoms. The van der Waals surface area contributed by atoms with Crippen molar-refractivity contribution in [1.82, 2.24) is 19.4 Å². The molecule has 1 aliphatic heterocycles. The molecule has 9 nitrogen and oxygen atoms in total. The maximum Gasteiger partial charge on any atom is 0.263 e. The van der Waals surface area contributed by atoms with Crippen molar-refractivity contribution in [3.05, 3.63) is 78.3 Å². The number of hydrogen-bond donors (Lipinski definition) is 1. The van der Waals surface area contributed by atoms with Crippen molar-refractivity contribution in [3.8, 4) is 0 Å². The number of piperazine rings is 1. The molecule has 0 saturated carbocycles. The Morgan fingerprint density at radius 1 is 1.11 bits per heavy atom. The Morgan fingerprint density at radius 2 is 1.92 bits per heavy atom. The lowest BCUT2D eigenvalue weighted by Gasteiger charge is -2.41. The number of benzene rings is 2. The summed E-state index contributed by atoms with van der Waals surface area (Å²) in [6.45, 7) is 4.16. The molecule has 0 bridgehead atoms. The zero-order chi connectivity index (χ0) is 25.3. The summed E-state index contributed by atoms with van der Waals surface area (Å²) in [4.78, 5) is 25.0. The van der Waals surface area contributed by atoms with Crippen LogP contribution in [0.25, 0.3) is 10.9 Å². The van der Waals surface area contributed by atoms with E-state index in [-0.39, 0.29) is 29.2 Å². The SMILES string of the molecule is C[C@H]1CN(c2ccc(S(=O)(=O)Nc3ccncn3)cc2)CCN1C(=O)Cn1ccc2ccc(Cl)cc21. The minimum absolute atomic E-state index is 0.000459. The fourth-order valence-corrected chi connectivity index (χ4v) is 5.65. The second-order valence-electron chi connectivity index (χ2n) is 8.72. The quantitative estimate of drug-likeness (QED) is 0.413. The predicted molar refractivity (Wildman–Crippen MR) is 140 cm³/mol. The first-order valence-corrected chi connectivity index (χ1v) is 13.3. The summed E-state index contributed by atoms with van der Waals surface area (Å²) in [5.41, 5.74) is 1.84. The topological polar surface area (TPSA) is 100 Å². The number of aromatic nitrogens is 3. The summed E-state index contributed by atoms with van der Waals surface area (Å²) >= 11 is 6.15. The van der Waals surface area contributed by atoms with Gasteiger partial charge in [-0.25, -0.2) is 18.4 Å². The third-order valence-electron chi connectivity index (χ3n) is 6.32. The Morgan fingerprint density at radius 3 is 2.64 bits per heavy atom. The van der Waals surface area contributed by atoms with Crippen molar-refractivity contribution in [2.75, 3.05) is 29.3 Å². The molecule has 1 N–H and O–H groups in total. The Hall–Kier alpha value is -3.63. The van der Waals surface area contributed by atoms with E-state index in [2.05, 4.69) is 19.6 Å². The van der Waals surface area contributed by atoms with Gasteiger partial charge in [-0.3, -0.25) is 9.52 Å².